The number of aromatic nitrogens is 1. The fourth-order valence-electron chi connectivity index (χ4n) is 1.81. The maximum Gasteiger partial charge on any atom is 0.339 e. The lowest BCUT2D eigenvalue weighted by atomic mass is 10.1. The van der Waals surface area contributed by atoms with Gasteiger partial charge in [0, 0.05) is 12.2 Å². The number of hydrogen-bond acceptors (Lipinski definition) is 4. The van der Waals surface area contributed by atoms with Crippen molar-refractivity contribution in [1.82, 2.24) is 4.98 Å². The molecule has 1 rings (SSSR count). The number of nitrogens with one attached hydrogen (secondary N) is 1. The summed E-state index contributed by atoms with van der Waals surface area (Å²) in [6.45, 7) is 4.44. The van der Waals surface area contributed by atoms with Gasteiger partial charge in [0.05, 0.1) is 0 Å². The predicted octanol–water partition coefficient (Wildman–Crippen LogP) is 2.95. The van der Waals surface area contributed by atoms with E-state index in [1.807, 2.05) is 18.7 Å². The second-order valence-electron chi connectivity index (χ2n) is 4.24. The van der Waals surface area contributed by atoms with E-state index in [2.05, 4.69) is 16.6 Å². The van der Waals surface area contributed by atoms with Crippen LogP contribution in [0.4, 0.5) is 5.82 Å². The molecule has 100 valence electrons. The van der Waals surface area contributed by atoms with Gasteiger partial charge in [-0.15, -0.1) is 0 Å². The summed E-state index contributed by atoms with van der Waals surface area (Å²) in [7, 11) is 0. The van der Waals surface area contributed by atoms with Crippen molar-refractivity contribution in [2.75, 3.05) is 23.9 Å². The quantitative estimate of drug-likeness (QED) is 0.744. The second-order valence-corrected chi connectivity index (χ2v) is 5.22. The fourth-order valence-corrected chi connectivity index (χ4v) is 2.31. The molecule has 0 fully saturated rings. The molecule has 1 aromatic heterocycles. The number of carboxylic acids is 1. The highest BCUT2D eigenvalue weighted by molar-refractivity contribution is 7.98. The van der Waals surface area contributed by atoms with Crippen LogP contribution in [0.25, 0.3) is 0 Å². The first-order valence-electron chi connectivity index (χ1n) is 6.00. The van der Waals surface area contributed by atoms with Crippen LogP contribution in [0.3, 0.4) is 0 Å². The normalized spacial score (nSPS) is 10.4. The molecule has 4 nitrogen and oxygen atoms in total. The molecule has 18 heavy (non-hydrogen) atoms. The molecule has 1 heterocycles. The van der Waals surface area contributed by atoms with Crippen molar-refractivity contribution in [3.05, 3.63) is 22.9 Å². The minimum atomic E-state index is -0.924. The number of carboxylic acid groups (broad SMARTS) is 1. The van der Waals surface area contributed by atoms with Crippen LogP contribution in [0.1, 0.15) is 34.5 Å². The van der Waals surface area contributed by atoms with Gasteiger partial charge in [-0.2, -0.15) is 11.8 Å². The van der Waals surface area contributed by atoms with Gasteiger partial charge >= 0.3 is 5.97 Å². The Morgan fingerprint density at radius 3 is 2.78 bits per heavy atom. The SMILES string of the molecule is CSCCCCNc1nc(C)cc(C)c1C(=O)O. The van der Waals surface area contributed by atoms with Crippen LogP contribution >= 0.6 is 11.8 Å². The Morgan fingerprint density at radius 2 is 2.17 bits per heavy atom. The Hall–Kier alpha value is -1.23. The van der Waals surface area contributed by atoms with Crippen molar-refractivity contribution in [3.63, 3.8) is 0 Å². The van der Waals surface area contributed by atoms with E-state index in [1.54, 1.807) is 13.0 Å². The molecule has 0 aromatic carbocycles. The number of aromatic carboxylic acids is 1. The molecular weight excluding hydrogens is 248 g/mol. The highest BCUT2D eigenvalue weighted by Crippen LogP contribution is 2.18. The van der Waals surface area contributed by atoms with Crippen molar-refractivity contribution in [3.8, 4) is 0 Å². The molecule has 0 spiro atoms. The molecule has 1 aromatic rings. The molecule has 0 bridgehead atoms. The van der Waals surface area contributed by atoms with Gasteiger partial charge in [-0.25, -0.2) is 9.78 Å². The van der Waals surface area contributed by atoms with Gasteiger partial charge in [-0.05, 0) is 50.3 Å². The smallest absolute Gasteiger partial charge is 0.339 e. The molecule has 0 saturated heterocycles. The molecule has 0 radical (unpaired) electrons. The Labute approximate surface area is 112 Å². The molecule has 0 unspecified atom stereocenters. The zero-order chi connectivity index (χ0) is 13.5. The van der Waals surface area contributed by atoms with Crippen molar-refractivity contribution >= 4 is 23.5 Å². The summed E-state index contributed by atoms with van der Waals surface area (Å²) in [6.07, 6.45) is 4.23. The molecule has 5 heteroatoms. The number of thioether (sulfide) groups is 1. The van der Waals surface area contributed by atoms with Crippen LogP contribution in [-0.2, 0) is 0 Å². The van der Waals surface area contributed by atoms with Crippen LogP contribution < -0.4 is 5.32 Å². The number of nitrogens with zero attached hydrogens (tertiary/aromatic N) is 1. The lowest BCUT2D eigenvalue weighted by Crippen LogP contribution is -2.12. The summed E-state index contributed by atoms with van der Waals surface area (Å²) in [4.78, 5) is 15.5. The first-order chi connectivity index (χ1) is 8.56. The van der Waals surface area contributed by atoms with Crippen molar-refractivity contribution in [2.45, 2.75) is 26.7 Å². The summed E-state index contributed by atoms with van der Waals surface area (Å²) in [5.74, 6) is 0.698. The number of anilines is 1. The highest BCUT2D eigenvalue weighted by atomic mass is 32.2. The van der Waals surface area contributed by atoms with Gasteiger partial charge in [0.1, 0.15) is 11.4 Å². The summed E-state index contributed by atoms with van der Waals surface area (Å²) in [5.41, 5.74) is 1.87. The van der Waals surface area contributed by atoms with Gasteiger partial charge in [-0.1, -0.05) is 0 Å². The molecule has 0 aliphatic rings. The van der Waals surface area contributed by atoms with E-state index in [1.165, 1.54) is 0 Å². The van der Waals surface area contributed by atoms with Gasteiger partial charge < -0.3 is 10.4 Å². The van der Waals surface area contributed by atoms with Gasteiger partial charge in [0.15, 0.2) is 0 Å². The predicted molar refractivity (Wildman–Crippen MR) is 76.8 cm³/mol. The number of rotatable bonds is 7. The number of pyridine rings is 1. The van der Waals surface area contributed by atoms with Crippen LogP contribution in [0.5, 0.6) is 0 Å². The van der Waals surface area contributed by atoms with E-state index in [9.17, 15) is 9.90 Å². The first-order valence-corrected chi connectivity index (χ1v) is 7.40. The minimum Gasteiger partial charge on any atom is -0.478 e. The van der Waals surface area contributed by atoms with E-state index < -0.39 is 5.97 Å². The molecule has 0 amide bonds. The van der Waals surface area contributed by atoms with Crippen LogP contribution in [0, 0.1) is 13.8 Å². The Kier molecular flexibility index (Phi) is 5.98. The largest absolute Gasteiger partial charge is 0.478 e. The average Bonchev–Trinajstić information content (AvgIpc) is 2.27. The average molecular weight is 268 g/mol. The zero-order valence-electron chi connectivity index (χ0n) is 11.1. The lowest BCUT2D eigenvalue weighted by Gasteiger charge is -2.11. The van der Waals surface area contributed by atoms with E-state index in [0.717, 1.165) is 36.4 Å². The molecule has 0 atom stereocenters. The summed E-state index contributed by atoms with van der Waals surface area (Å²) < 4.78 is 0. The summed E-state index contributed by atoms with van der Waals surface area (Å²) >= 11 is 1.82. The maximum atomic E-state index is 11.2. The number of unbranched alkanes of at least 4 members (excludes halogenated alkanes) is 1. The third-order valence-corrected chi connectivity index (χ3v) is 3.32. The molecule has 2 N–H and O–H groups in total. The van der Waals surface area contributed by atoms with Crippen molar-refractivity contribution in [1.29, 1.82) is 0 Å². The molecule has 0 aliphatic heterocycles. The van der Waals surface area contributed by atoms with E-state index >= 15 is 0 Å². The monoisotopic (exact) mass is 268 g/mol. The van der Waals surface area contributed by atoms with Crippen molar-refractivity contribution < 1.29 is 9.90 Å². The number of hydrogen-bond donors (Lipinski definition) is 2. The Balaban J connectivity index is 2.71. The van der Waals surface area contributed by atoms with E-state index in [4.69, 9.17) is 0 Å². The van der Waals surface area contributed by atoms with Crippen molar-refractivity contribution in [2.24, 2.45) is 0 Å². The number of carbonyl (C=O) groups is 1. The Morgan fingerprint density at radius 1 is 1.44 bits per heavy atom. The standard InChI is InChI=1S/C13H20N2O2S/c1-9-8-10(2)15-12(11(9)13(16)17)14-6-4-5-7-18-3/h8H,4-7H2,1-3H3,(H,14,15)(H,16,17). The fraction of sp³-hybridized carbons (Fsp3) is 0.538. The van der Waals surface area contributed by atoms with Crippen LogP contribution in [0.15, 0.2) is 6.07 Å². The first kappa shape index (κ1) is 14.8. The van der Waals surface area contributed by atoms with Gasteiger partial charge in [0.25, 0.3) is 0 Å². The van der Waals surface area contributed by atoms with Crippen LogP contribution in [0.2, 0.25) is 0 Å². The number of aryl methyl sites for hydroxylation is 2. The summed E-state index contributed by atoms with van der Waals surface area (Å²) in [5, 5.41) is 12.3. The minimum absolute atomic E-state index is 0.283. The van der Waals surface area contributed by atoms with Gasteiger partial charge in [0.2, 0.25) is 0 Å². The third kappa shape index (κ3) is 4.22. The zero-order valence-corrected chi connectivity index (χ0v) is 11.9. The Bertz CT molecular complexity index is 422. The third-order valence-electron chi connectivity index (χ3n) is 2.63. The van der Waals surface area contributed by atoms with Crippen LogP contribution in [-0.4, -0.2) is 34.6 Å². The van der Waals surface area contributed by atoms with Gasteiger partial charge in [-0.3, -0.25) is 0 Å². The maximum absolute atomic E-state index is 11.2. The molecule has 0 saturated carbocycles. The highest BCUT2D eigenvalue weighted by Gasteiger charge is 2.15. The van der Waals surface area contributed by atoms with E-state index in [0.29, 0.717) is 5.82 Å². The lowest BCUT2D eigenvalue weighted by molar-refractivity contribution is 0.0697. The topological polar surface area (TPSA) is 62.2 Å². The summed E-state index contributed by atoms with van der Waals surface area (Å²) in [6, 6.07) is 1.79. The molecule has 0 aliphatic carbocycles. The second kappa shape index (κ2) is 7.26. The van der Waals surface area contributed by atoms with E-state index in [-0.39, 0.29) is 5.56 Å². The molecular formula is C13H20N2O2S.